The predicted molar refractivity (Wildman–Crippen MR) is 105 cm³/mol. The Balaban J connectivity index is 2.10. The van der Waals surface area contributed by atoms with Crippen LogP contribution in [0.2, 0.25) is 0 Å². The molecule has 1 amide bonds. The number of Topliss-reactive ketones (excluding diaryl/α,β-unsaturated/α-hetero) is 1. The summed E-state index contributed by atoms with van der Waals surface area (Å²) in [6.07, 6.45) is 3.75. The topological polar surface area (TPSA) is 72.5 Å². The van der Waals surface area contributed by atoms with Crippen LogP contribution >= 0.6 is 23.5 Å². The van der Waals surface area contributed by atoms with E-state index in [1.807, 2.05) is 24.6 Å². The van der Waals surface area contributed by atoms with E-state index in [1.54, 1.807) is 30.3 Å². The molecule has 0 atom stereocenters. The molecule has 0 heterocycles. The van der Waals surface area contributed by atoms with E-state index >= 15 is 0 Å². The zero-order valence-electron chi connectivity index (χ0n) is 14.7. The minimum Gasteiger partial charge on any atom is -0.454 e. The number of benzene rings is 2. The van der Waals surface area contributed by atoms with Gasteiger partial charge in [0.25, 0.3) is 0 Å². The average molecular weight is 389 g/mol. The third-order valence-corrected chi connectivity index (χ3v) is 5.09. The van der Waals surface area contributed by atoms with Crippen molar-refractivity contribution in [2.45, 2.75) is 16.7 Å². The van der Waals surface area contributed by atoms with Crippen LogP contribution in [0.5, 0.6) is 0 Å². The number of carbonyl (C=O) groups is 3. The van der Waals surface area contributed by atoms with E-state index in [2.05, 4.69) is 5.32 Å². The number of esters is 1. The van der Waals surface area contributed by atoms with E-state index in [9.17, 15) is 14.4 Å². The molecule has 2 rings (SSSR count). The molecule has 0 unspecified atom stereocenters. The number of amides is 1. The van der Waals surface area contributed by atoms with Crippen molar-refractivity contribution in [2.24, 2.45) is 0 Å². The van der Waals surface area contributed by atoms with Crippen LogP contribution < -0.4 is 5.32 Å². The molecule has 0 radical (unpaired) electrons. The lowest BCUT2D eigenvalue weighted by atomic mass is 10.1. The summed E-state index contributed by atoms with van der Waals surface area (Å²) in [5.41, 5.74) is 1.37. The maximum Gasteiger partial charge on any atom is 0.339 e. The number of rotatable bonds is 7. The van der Waals surface area contributed by atoms with Gasteiger partial charge in [0.1, 0.15) is 0 Å². The molecule has 0 aliphatic rings. The first-order valence-electron chi connectivity index (χ1n) is 7.75. The van der Waals surface area contributed by atoms with Crippen molar-refractivity contribution in [1.29, 1.82) is 0 Å². The Labute approximate surface area is 160 Å². The Morgan fingerprint density at radius 2 is 1.69 bits per heavy atom. The molecule has 0 fully saturated rings. The standard InChI is InChI=1S/C19H19NO4S2/c1-12(21)20-15-10-13(8-9-18(15)26-3)16(22)11-24-19(23)14-6-4-5-7-17(14)25-2/h4-10H,11H2,1-3H3,(H,20,21). The number of nitrogens with one attached hydrogen (secondary N) is 1. The number of carbonyl (C=O) groups excluding carboxylic acids is 3. The van der Waals surface area contributed by atoms with Crippen LogP contribution in [-0.2, 0) is 9.53 Å². The highest BCUT2D eigenvalue weighted by atomic mass is 32.2. The van der Waals surface area contributed by atoms with Crippen LogP contribution in [0.25, 0.3) is 0 Å². The van der Waals surface area contributed by atoms with Crippen molar-refractivity contribution in [3.05, 3.63) is 53.6 Å². The van der Waals surface area contributed by atoms with E-state index in [0.29, 0.717) is 16.8 Å². The fourth-order valence-corrected chi connectivity index (χ4v) is 3.39. The smallest absolute Gasteiger partial charge is 0.339 e. The number of hydrogen-bond donors (Lipinski definition) is 1. The SMILES string of the molecule is CSc1ccc(C(=O)COC(=O)c2ccccc2SC)cc1NC(C)=O. The molecule has 0 bridgehead atoms. The quantitative estimate of drug-likeness (QED) is 0.436. The fourth-order valence-electron chi connectivity index (χ4n) is 2.27. The van der Waals surface area contributed by atoms with Crippen LogP contribution in [0.3, 0.4) is 0 Å². The summed E-state index contributed by atoms with van der Waals surface area (Å²) in [5, 5.41) is 2.70. The number of anilines is 1. The van der Waals surface area contributed by atoms with Gasteiger partial charge in [0.2, 0.25) is 5.91 Å². The normalized spacial score (nSPS) is 10.3. The summed E-state index contributed by atoms with van der Waals surface area (Å²) in [4.78, 5) is 37.6. The summed E-state index contributed by atoms with van der Waals surface area (Å²) in [6, 6.07) is 12.1. The second-order valence-electron chi connectivity index (χ2n) is 5.30. The Bertz CT molecular complexity index is 836. The van der Waals surface area contributed by atoms with Gasteiger partial charge in [0.05, 0.1) is 11.3 Å². The zero-order chi connectivity index (χ0) is 19.1. The third kappa shape index (κ3) is 5.12. The summed E-state index contributed by atoms with van der Waals surface area (Å²) < 4.78 is 5.17. The summed E-state index contributed by atoms with van der Waals surface area (Å²) >= 11 is 2.90. The highest BCUT2D eigenvalue weighted by Crippen LogP contribution is 2.27. The highest BCUT2D eigenvalue weighted by Gasteiger charge is 2.16. The van der Waals surface area contributed by atoms with Gasteiger partial charge in [-0.2, -0.15) is 0 Å². The lowest BCUT2D eigenvalue weighted by Gasteiger charge is -2.11. The molecule has 2 aromatic rings. The summed E-state index contributed by atoms with van der Waals surface area (Å²) in [7, 11) is 0. The highest BCUT2D eigenvalue weighted by molar-refractivity contribution is 7.99. The molecular weight excluding hydrogens is 370 g/mol. The maximum absolute atomic E-state index is 12.4. The third-order valence-electron chi connectivity index (χ3n) is 3.49. The van der Waals surface area contributed by atoms with Gasteiger partial charge >= 0.3 is 5.97 Å². The van der Waals surface area contributed by atoms with Crippen LogP contribution in [-0.4, -0.2) is 36.8 Å². The van der Waals surface area contributed by atoms with Crippen molar-refractivity contribution in [3.63, 3.8) is 0 Å². The van der Waals surface area contributed by atoms with Gasteiger partial charge in [-0.05, 0) is 36.8 Å². The number of hydrogen-bond acceptors (Lipinski definition) is 6. The molecule has 136 valence electrons. The molecule has 7 heteroatoms. The minimum atomic E-state index is -0.536. The van der Waals surface area contributed by atoms with E-state index < -0.39 is 5.97 Å². The Kier molecular flexibility index (Phi) is 7.29. The van der Waals surface area contributed by atoms with Crippen LogP contribution in [0.1, 0.15) is 27.6 Å². The molecule has 1 N–H and O–H groups in total. The monoisotopic (exact) mass is 389 g/mol. The maximum atomic E-state index is 12.4. The van der Waals surface area contributed by atoms with Crippen molar-refractivity contribution in [3.8, 4) is 0 Å². The first-order valence-corrected chi connectivity index (χ1v) is 10.2. The van der Waals surface area contributed by atoms with Gasteiger partial charge in [-0.15, -0.1) is 23.5 Å². The van der Waals surface area contributed by atoms with Gasteiger partial charge < -0.3 is 10.1 Å². The lowest BCUT2D eigenvalue weighted by molar-refractivity contribution is -0.114. The van der Waals surface area contributed by atoms with E-state index in [1.165, 1.54) is 30.4 Å². The number of ether oxygens (including phenoxy) is 1. The van der Waals surface area contributed by atoms with Gasteiger partial charge in [0, 0.05) is 22.3 Å². The number of ketones is 1. The van der Waals surface area contributed by atoms with E-state index in [-0.39, 0.29) is 18.3 Å². The molecule has 5 nitrogen and oxygen atoms in total. The van der Waals surface area contributed by atoms with Crippen molar-refractivity contribution < 1.29 is 19.1 Å². The van der Waals surface area contributed by atoms with Gasteiger partial charge in [0.15, 0.2) is 12.4 Å². The average Bonchev–Trinajstić information content (AvgIpc) is 2.65. The summed E-state index contributed by atoms with van der Waals surface area (Å²) in [6.45, 7) is 1.04. The first-order chi connectivity index (χ1) is 12.5. The van der Waals surface area contributed by atoms with Gasteiger partial charge in [-0.25, -0.2) is 4.79 Å². The second-order valence-corrected chi connectivity index (χ2v) is 6.99. The second kappa shape index (κ2) is 9.45. The van der Waals surface area contributed by atoms with Crippen LogP contribution in [0.15, 0.2) is 52.3 Å². The molecule has 0 aliphatic carbocycles. The molecule has 0 aromatic heterocycles. The summed E-state index contributed by atoms with van der Waals surface area (Å²) in [5.74, 6) is -1.09. The van der Waals surface area contributed by atoms with Crippen LogP contribution in [0.4, 0.5) is 5.69 Å². The molecule has 0 spiro atoms. The molecule has 26 heavy (non-hydrogen) atoms. The van der Waals surface area contributed by atoms with E-state index in [4.69, 9.17) is 4.74 Å². The molecular formula is C19H19NO4S2. The lowest BCUT2D eigenvalue weighted by Crippen LogP contribution is -2.15. The Hall–Kier alpha value is -2.25. The zero-order valence-corrected chi connectivity index (χ0v) is 16.3. The van der Waals surface area contributed by atoms with Crippen LogP contribution in [0, 0.1) is 0 Å². The van der Waals surface area contributed by atoms with Crippen molar-refractivity contribution in [1.82, 2.24) is 0 Å². The molecule has 0 saturated carbocycles. The van der Waals surface area contributed by atoms with Crippen molar-refractivity contribution in [2.75, 3.05) is 24.4 Å². The Morgan fingerprint density at radius 1 is 1.00 bits per heavy atom. The van der Waals surface area contributed by atoms with E-state index in [0.717, 1.165) is 9.79 Å². The Morgan fingerprint density at radius 3 is 2.35 bits per heavy atom. The fraction of sp³-hybridized carbons (Fsp3) is 0.211. The minimum absolute atomic E-state index is 0.218. The molecule has 0 aliphatic heterocycles. The number of thioether (sulfide) groups is 2. The van der Waals surface area contributed by atoms with Crippen molar-refractivity contribution >= 4 is 46.9 Å². The van der Waals surface area contributed by atoms with Gasteiger partial charge in [-0.1, -0.05) is 18.2 Å². The first kappa shape index (κ1) is 20.1. The predicted octanol–water partition coefficient (Wildman–Crippen LogP) is 4.13. The molecule has 0 saturated heterocycles. The largest absolute Gasteiger partial charge is 0.454 e. The molecule has 2 aromatic carbocycles. The van der Waals surface area contributed by atoms with Gasteiger partial charge in [-0.3, -0.25) is 9.59 Å².